The van der Waals surface area contributed by atoms with E-state index in [1.807, 2.05) is 13.8 Å². The molecular weight excluding hydrogens is 148 g/mol. The van der Waals surface area contributed by atoms with Crippen LogP contribution < -0.4 is 0 Å². The first-order valence-corrected chi connectivity index (χ1v) is 3.86. The molecule has 0 rings (SSSR count). The second-order valence-corrected chi connectivity index (χ2v) is 2.79. The first kappa shape index (κ1) is 9.69. The van der Waals surface area contributed by atoms with E-state index in [0.29, 0.717) is 5.92 Å². The Morgan fingerprint density at radius 1 is 1.60 bits per heavy atom. The van der Waals surface area contributed by atoms with E-state index in [0.717, 1.165) is 6.42 Å². The van der Waals surface area contributed by atoms with Gasteiger partial charge in [-0.15, -0.1) is 0 Å². The highest BCUT2D eigenvalue weighted by atomic mass is 32.1. The fourth-order valence-electron chi connectivity index (χ4n) is 0.600. The molecule has 10 heavy (non-hydrogen) atoms. The molecule has 0 aromatic heterocycles. The molecule has 1 radical (unpaired) electrons. The minimum Gasteiger partial charge on any atom is -0.451 e. The van der Waals surface area contributed by atoms with E-state index >= 15 is 0 Å². The minimum absolute atomic E-state index is 0.0463. The third-order valence-electron chi connectivity index (χ3n) is 1.73. The Bertz CT molecular complexity index is 114. The van der Waals surface area contributed by atoms with Gasteiger partial charge in [-0.2, -0.15) is 0 Å². The maximum atomic E-state index is 10.3. The monoisotopic (exact) mass is 161 g/mol. The van der Waals surface area contributed by atoms with Crippen LogP contribution in [0.5, 0.6) is 0 Å². The van der Waals surface area contributed by atoms with Crippen LogP contribution in [0.25, 0.3) is 0 Å². The summed E-state index contributed by atoms with van der Waals surface area (Å²) in [6.07, 6.45) is 0.957. The van der Waals surface area contributed by atoms with Gasteiger partial charge >= 0.3 is 5.30 Å². The van der Waals surface area contributed by atoms with E-state index in [4.69, 9.17) is 4.74 Å². The Kier molecular flexibility index (Phi) is 4.36. The van der Waals surface area contributed by atoms with Crippen molar-refractivity contribution in [3.05, 3.63) is 0 Å². The SMILES string of the molecule is CCC(C)C(C)OC(=O)[S]. The number of ether oxygens (including phenoxy) is 1. The van der Waals surface area contributed by atoms with Crippen molar-refractivity contribution in [2.24, 2.45) is 5.92 Å². The average molecular weight is 161 g/mol. The molecule has 0 aromatic carbocycles. The molecule has 2 nitrogen and oxygen atoms in total. The summed E-state index contributed by atoms with van der Waals surface area (Å²) >= 11 is 4.26. The van der Waals surface area contributed by atoms with Crippen molar-refractivity contribution in [1.29, 1.82) is 0 Å². The van der Waals surface area contributed by atoms with Crippen molar-refractivity contribution in [1.82, 2.24) is 0 Å². The van der Waals surface area contributed by atoms with Crippen molar-refractivity contribution in [2.75, 3.05) is 0 Å². The van der Waals surface area contributed by atoms with Gasteiger partial charge < -0.3 is 4.74 Å². The van der Waals surface area contributed by atoms with Gasteiger partial charge in [0.25, 0.3) is 0 Å². The van der Waals surface area contributed by atoms with Crippen molar-refractivity contribution < 1.29 is 9.53 Å². The summed E-state index contributed by atoms with van der Waals surface area (Å²) in [4.78, 5) is 10.3. The zero-order valence-electron chi connectivity index (χ0n) is 6.59. The van der Waals surface area contributed by atoms with Gasteiger partial charge in [-0.05, 0) is 12.8 Å². The number of rotatable bonds is 3. The van der Waals surface area contributed by atoms with Crippen LogP contribution in [0.3, 0.4) is 0 Å². The van der Waals surface area contributed by atoms with Gasteiger partial charge in [-0.25, -0.2) is 4.79 Å². The van der Waals surface area contributed by atoms with Gasteiger partial charge in [0.15, 0.2) is 0 Å². The van der Waals surface area contributed by atoms with Crippen LogP contribution in [-0.2, 0) is 4.74 Å². The molecule has 0 saturated heterocycles. The Morgan fingerprint density at radius 2 is 2.10 bits per heavy atom. The lowest BCUT2D eigenvalue weighted by molar-refractivity contribution is 0.0985. The lowest BCUT2D eigenvalue weighted by Crippen LogP contribution is -2.18. The average Bonchev–Trinajstić information content (AvgIpc) is 1.85. The zero-order valence-corrected chi connectivity index (χ0v) is 7.40. The number of hydrogen-bond donors (Lipinski definition) is 0. The summed E-state index contributed by atoms with van der Waals surface area (Å²) in [5.74, 6) is 0.395. The first-order valence-electron chi connectivity index (χ1n) is 3.45. The topological polar surface area (TPSA) is 26.3 Å². The standard InChI is InChI=1S/C7H13O2S/c1-4-5(2)6(3)9-7(8)10/h5-6H,4H2,1-3H3. The predicted octanol–water partition coefficient (Wildman–Crippen LogP) is 2.76. The molecule has 0 N–H and O–H groups in total. The molecule has 3 heteroatoms. The van der Waals surface area contributed by atoms with Crippen LogP contribution in [0.1, 0.15) is 27.2 Å². The molecule has 0 saturated carbocycles. The minimum atomic E-state index is -0.604. The number of carbonyl (C=O) groups is 1. The molecule has 0 fully saturated rings. The lowest BCUT2D eigenvalue weighted by atomic mass is 10.0. The fraction of sp³-hybridized carbons (Fsp3) is 0.857. The molecule has 0 aromatic rings. The molecule has 0 heterocycles. The summed E-state index contributed by atoms with van der Waals surface area (Å²) in [6.45, 7) is 5.94. The lowest BCUT2D eigenvalue weighted by Gasteiger charge is -2.16. The smallest absolute Gasteiger partial charge is 0.400 e. The van der Waals surface area contributed by atoms with Crippen LogP contribution in [0.15, 0.2) is 0 Å². The Hall–Kier alpha value is -0.310. The second-order valence-electron chi connectivity index (χ2n) is 2.46. The summed E-state index contributed by atoms with van der Waals surface area (Å²) in [7, 11) is 0. The largest absolute Gasteiger partial charge is 0.451 e. The Labute approximate surface area is 67.4 Å². The summed E-state index contributed by atoms with van der Waals surface area (Å²) in [5.41, 5.74) is 0. The van der Waals surface area contributed by atoms with Crippen LogP contribution in [0, 0.1) is 5.92 Å². The Morgan fingerprint density at radius 3 is 2.40 bits per heavy atom. The zero-order chi connectivity index (χ0) is 8.15. The molecule has 0 aliphatic heterocycles. The fourth-order valence-corrected chi connectivity index (χ4v) is 0.752. The van der Waals surface area contributed by atoms with Gasteiger partial charge in [0, 0.05) is 12.6 Å². The number of hydrogen-bond acceptors (Lipinski definition) is 2. The quantitative estimate of drug-likeness (QED) is 0.595. The van der Waals surface area contributed by atoms with Crippen LogP contribution in [0.2, 0.25) is 0 Å². The van der Waals surface area contributed by atoms with E-state index in [9.17, 15) is 4.79 Å². The first-order chi connectivity index (χ1) is 4.57. The number of carbonyl (C=O) groups excluding carboxylic acids is 1. The Balaban J connectivity index is 3.61. The normalized spacial score (nSPS) is 15.9. The van der Waals surface area contributed by atoms with Crippen molar-refractivity contribution in [3.63, 3.8) is 0 Å². The molecule has 0 aliphatic carbocycles. The maximum Gasteiger partial charge on any atom is 0.400 e. The molecule has 0 aliphatic rings. The third-order valence-corrected chi connectivity index (χ3v) is 1.82. The van der Waals surface area contributed by atoms with E-state index in [1.165, 1.54) is 0 Å². The highest BCUT2D eigenvalue weighted by Crippen LogP contribution is 2.11. The van der Waals surface area contributed by atoms with Crippen molar-refractivity contribution >= 4 is 17.9 Å². The van der Waals surface area contributed by atoms with Gasteiger partial charge in [-0.1, -0.05) is 20.3 Å². The van der Waals surface area contributed by atoms with Crippen LogP contribution in [-0.4, -0.2) is 11.4 Å². The van der Waals surface area contributed by atoms with Gasteiger partial charge in [-0.3, -0.25) is 0 Å². The van der Waals surface area contributed by atoms with E-state index in [-0.39, 0.29) is 6.10 Å². The molecular formula is C7H13O2S. The van der Waals surface area contributed by atoms with E-state index in [2.05, 4.69) is 19.6 Å². The van der Waals surface area contributed by atoms with Crippen molar-refractivity contribution in [2.45, 2.75) is 33.3 Å². The molecule has 2 unspecified atom stereocenters. The molecule has 59 valence electrons. The maximum absolute atomic E-state index is 10.3. The van der Waals surface area contributed by atoms with Gasteiger partial charge in [0.2, 0.25) is 0 Å². The highest BCUT2D eigenvalue weighted by molar-refractivity contribution is 7.96. The van der Waals surface area contributed by atoms with E-state index < -0.39 is 5.30 Å². The van der Waals surface area contributed by atoms with Crippen molar-refractivity contribution in [3.8, 4) is 0 Å². The van der Waals surface area contributed by atoms with Crippen LogP contribution in [0.4, 0.5) is 4.79 Å². The van der Waals surface area contributed by atoms with E-state index in [1.54, 1.807) is 0 Å². The predicted molar refractivity (Wildman–Crippen MR) is 43.0 cm³/mol. The molecule has 0 spiro atoms. The molecule has 2 atom stereocenters. The van der Waals surface area contributed by atoms with Crippen LogP contribution >= 0.6 is 12.6 Å². The summed E-state index contributed by atoms with van der Waals surface area (Å²) in [6, 6.07) is 0. The second kappa shape index (κ2) is 4.50. The molecule has 0 amide bonds. The summed E-state index contributed by atoms with van der Waals surface area (Å²) in [5, 5.41) is -0.604. The third kappa shape index (κ3) is 3.67. The molecule has 0 bridgehead atoms. The van der Waals surface area contributed by atoms with Gasteiger partial charge in [0.1, 0.15) is 6.10 Å². The summed E-state index contributed by atoms with van der Waals surface area (Å²) < 4.78 is 4.78. The van der Waals surface area contributed by atoms with Gasteiger partial charge in [0.05, 0.1) is 0 Å². The highest BCUT2D eigenvalue weighted by Gasteiger charge is 2.12.